The molecule has 32 heavy (non-hydrogen) atoms. The molecule has 0 aliphatic carbocycles. The summed E-state index contributed by atoms with van der Waals surface area (Å²) >= 11 is 1.78. The highest BCUT2D eigenvalue weighted by molar-refractivity contribution is 7.09. The van der Waals surface area contributed by atoms with Crippen molar-refractivity contribution in [3.63, 3.8) is 0 Å². The summed E-state index contributed by atoms with van der Waals surface area (Å²) in [4.78, 5) is 6.09. The molecule has 3 aromatic heterocycles. The van der Waals surface area contributed by atoms with E-state index in [1.165, 1.54) is 10.4 Å². The van der Waals surface area contributed by atoms with E-state index in [4.69, 9.17) is 4.99 Å². The van der Waals surface area contributed by atoms with Gasteiger partial charge in [0.05, 0.1) is 5.69 Å². The molecule has 0 fully saturated rings. The number of rotatable bonds is 9. The number of hydrogen-bond acceptors (Lipinski definition) is 5. The zero-order valence-corrected chi connectivity index (χ0v) is 19.2. The van der Waals surface area contributed by atoms with Crippen LogP contribution < -0.4 is 10.6 Å². The van der Waals surface area contributed by atoms with E-state index >= 15 is 0 Å². The maximum absolute atomic E-state index is 4.73. The van der Waals surface area contributed by atoms with E-state index < -0.39 is 0 Å². The maximum atomic E-state index is 4.73. The standard InChI is InChI=1S/C23H28N8S/c1-18-28-29-22(30(18)2)17-26-23(25-14-11-21-5-3-16-32-21)24-13-10-19-6-8-20(9-7-19)31-15-4-12-27-31/h3-9,12,15-16H,10-11,13-14,17H2,1-2H3,(H2,24,25,26). The number of aryl methyl sites for hydroxylation is 1. The second-order valence-electron chi connectivity index (χ2n) is 7.44. The van der Waals surface area contributed by atoms with Crippen LogP contribution in [-0.4, -0.2) is 43.6 Å². The van der Waals surface area contributed by atoms with E-state index in [0.29, 0.717) is 6.54 Å². The Morgan fingerprint density at radius 3 is 2.50 bits per heavy atom. The predicted octanol–water partition coefficient (Wildman–Crippen LogP) is 2.89. The summed E-state index contributed by atoms with van der Waals surface area (Å²) in [6.07, 6.45) is 5.59. The first-order chi connectivity index (χ1) is 15.7. The molecule has 9 heteroatoms. The van der Waals surface area contributed by atoms with Gasteiger partial charge in [0.1, 0.15) is 12.4 Å². The molecule has 0 saturated heterocycles. The molecule has 1 aromatic carbocycles. The molecule has 0 aliphatic rings. The van der Waals surface area contributed by atoms with Crippen LogP contribution in [0, 0.1) is 6.92 Å². The summed E-state index contributed by atoms with van der Waals surface area (Å²) in [6.45, 7) is 4.02. The fourth-order valence-corrected chi connectivity index (χ4v) is 3.94. The number of guanidine groups is 1. The van der Waals surface area contributed by atoms with Gasteiger partial charge in [0.25, 0.3) is 0 Å². The first-order valence-electron chi connectivity index (χ1n) is 10.7. The zero-order chi connectivity index (χ0) is 22.2. The van der Waals surface area contributed by atoms with Crippen molar-refractivity contribution in [3.05, 3.63) is 82.3 Å². The minimum absolute atomic E-state index is 0.476. The first kappa shape index (κ1) is 21.8. The Bertz CT molecular complexity index is 1110. The molecule has 2 N–H and O–H groups in total. The van der Waals surface area contributed by atoms with Gasteiger partial charge in [-0.15, -0.1) is 21.5 Å². The van der Waals surface area contributed by atoms with E-state index in [9.17, 15) is 0 Å². The van der Waals surface area contributed by atoms with E-state index in [2.05, 4.69) is 67.7 Å². The number of aromatic nitrogens is 5. The van der Waals surface area contributed by atoms with Gasteiger partial charge in [0, 0.05) is 37.4 Å². The Hall–Kier alpha value is -3.46. The number of benzene rings is 1. The smallest absolute Gasteiger partial charge is 0.191 e. The number of thiophene rings is 1. The molecular formula is C23H28N8S. The molecule has 0 radical (unpaired) electrons. The van der Waals surface area contributed by atoms with Crippen LogP contribution in [0.4, 0.5) is 0 Å². The van der Waals surface area contributed by atoms with E-state index in [1.54, 1.807) is 17.5 Å². The van der Waals surface area contributed by atoms with Crippen molar-refractivity contribution in [2.45, 2.75) is 26.3 Å². The monoisotopic (exact) mass is 448 g/mol. The van der Waals surface area contributed by atoms with Gasteiger partial charge in [-0.05, 0) is 55.0 Å². The Balaban J connectivity index is 1.33. The lowest BCUT2D eigenvalue weighted by atomic mass is 10.1. The minimum Gasteiger partial charge on any atom is -0.356 e. The summed E-state index contributed by atoms with van der Waals surface area (Å²) in [6, 6.07) is 14.6. The predicted molar refractivity (Wildman–Crippen MR) is 128 cm³/mol. The Morgan fingerprint density at radius 2 is 1.84 bits per heavy atom. The SMILES string of the molecule is Cc1nnc(CN=C(NCCc2ccc(-n3cccn3)cc2)NCCc2cccs2)n1C. The quantitative estimate of drug-likeness (QED) is 0.304. The van der Waals surface area contributed by atoms with Gasteiger partial charge in [-0.2, -0.15) is 5.10 Å². The van der Waals surface area contributed by atoms with E-state index in [1.807, 2.05) is 35.5 Å². The third kappa shape index (κ3) is 5.82. The molecule has 0 amide bonds. The second kappa shape index (κ2) is 10.7. The third-order valence-corrected chi connectivity index (χ3v) is 6.15. The average molecular weight is 449 g/mol. The van der Waals surface area contributed by atoms with Crippen LogP contribution >= 0.6 is 11.3 Å². The molecule has 0 aliphatic heterocycles. The van der Waals surface area contributed by atoms with Crippen molar-refractivity contribution in [1.82, 2.24) is 35.2 Å². The van der Waals surface area contributed by atoms with Crippen molar-refractivity contribution < 1.29 is 0 Å². The second-order valence-corrected chi connectivity index (χ2v) is 8.47. The van der Waals surface area contributed by atoms with Crippen LogP contribution in [0.3, 0.4) is 0 Å². The lowest BCUT2D eigenvalue weighted by molar-refractivity contribution is 0.746. The Kier molecular flexibility index (Phi) is 7.29. The summed E-state index contributed by atoms with van der Waals surface area (Å²) in [5.41, 5.74) is 2.32. The van der Waals surface area contributed by atoms with Crippen LogP contribution in [0.5, 0.6) is 0 Å². The van der Waals surface area contributed by atoms with Crippen molar-refractivity contribution in [3.8, 4) is 5.69 Å². The molecule has 3 heterocycles. The molecule has 0 spiro atoms. The normalized spacial score (nSPS) is 11.6. The molecule has 0 unspecified atom stereocenters. The lowest BCUT2D eigenvalue weighted by Gasteiger charge is -2.13. The van der Waals surface area contributed by atoms with Crippen LogP contribution in [0.25, 0.3) is 5.69 Å². The first-order valence-corrected chi connectivity index (χ1v) is 11.6. The molecule has 0 atom stereocenters. The average Bonchev–Trinajstić information content (AvgIpc) is 3.57. The molecule has 4 aromatic rings. The maximum Gasteiger partial charge on any atom is 0.191 e. The lowest BCUT2D eigenvalue weighted by Crippen LogP contribution is -2.39. The number of hydrogen-bond donors (Lipinski definition) is 2. The van der Waals surface area contributed by atoms with Gasteiger partial charge in [0.15, 0.2) is 11.8 Å². The summed E-state index contributed by atoms with van der Waals surface area (Å²) in [5.74, 6) is 2.51. The minimum atomic E-state index is 0.476. The Labute approximate surface area is 192 Å². The summed E-state index contributed by atoms with van der Waals surface area (Å²) in [7, 11) is 1.96. The molecule has 4 rings (SSSR count). The fourth-order valence-electron chi connectivity index (χ4n) is 3.23. The van der Waals surface area contributed by atoms with Gasteiger partial charge >= 0.3 is 0 Å². The highest BCUT2D eigenvalue weighted by Crippen LogP contribution is 2.09. The van der Waals surface area contributed by atoms with Gasteiger partial charge < -0.3 is 15.2 Å². The van der Waals surface area contributed by atoms with E-state index in [-0.39, 0.29) is 0 Å². The van der Waals surface area contributed by atoms with Gasteiger partial charge in [-0.1, -0.05) is 18.2 Å². The molecule has 0 saturated carbocycles. The molecular weight excluding hydrogens is 420 g/mol. The topological polar surface area (TPSA) is 85.0 Å². The van der Waals surface area contributed by atoms with Crippen molar-refractivity contribution in [1.29, 1.82) is 0 Å². The van der Waals surface area contributed by atoms with Crippen molar-refractivity contribution in [2.24, 2.45) is 12.0 Å². The molecule has 0 bridgehead atoms. The van der Waals surface area contributed by atoms with Gasteiger partial charge in [-0.3, -0.25) is 0 Å². The highest BCUT2D eigenvalue weighted by atomic mass is 32.1. The third-order valence-electron chi connectivity index (χ3n) is 5.22. The number of nitrogens with zero attached hydrogens (tertiary/aromatic N) is 6. The van der Waals surface area contributed by atoms with Gasteiger partial charge in [0.2, 0.25) is 0 Å². The zero-order valence-electron chi connectivity index (χ0n) is 18.4. The summed E-state index contributed by atoms with van der Waals surface area (Å²) in [5, 5.41) is 21.6. The van der Waals surface area contributed by atoms with Crippen LogP contribution in [0.2, 0.25) is 0 Å². The number of aliphatic imine (C=N–C) groups is 1. The molecule has 166 valence electrons. The van der Waals surface area contributed by atoms with Crippen molar-refractivity contribution >= 4 is 17.3 Å². The highest BCUT2D eigenvalue weighted by Gasteiger charge is 2.06. The van der Waals surface area contributed by atoms with Crippen LogP contribution in [-0.2, 0) is 26.4 Å². The van der Waals surface area contributed by atoms with E-state index in [0.717, 1.165) is 49.2 Å². The number of nitrogens with one attached hydrogen (secondary N) is 2. The van der Waals surface area contributed by atoms with Crippen LogP contribution in [0.1, 0.15) is 22.1 Å². The Morgan fingerprint density at radius 1 is 1.03 bits per heavy atom. The van der Waals surface area contributed by atoms with Crippen LogP contribution in [0.15, 0.2) is 65.2 Å². The summed E-state index contributed by atoms with van der Waals surface area (Å²) < 4.78 is 3.83. The molecule has 8 nitrogen and oxygen atoms in total. The largest absolute Gasteiger partial charge is 0.356 e. The van der Waals surface area contributed by atoms with Crippen molar-refractivity contribution in [2.75, 3.05) is 13.1 Å². The van der Waals surface area contributed by atoms with Gasteiger partial charge in [-0.25, -0.2) is 9.67 Å². The fraction of sp³-hybridized carbons (Fsp3) is 0.304.